The summed E-state index contributed by atoms with van der Waals surface area (Å²) in [7, 11) is 2.11. The SMILES string of the molecule is C[C@H]1CCN(C)c2ccccc2N1CC#N. The van der Waals surface area contributed by atoms with Crippen LogP contribution in [0.5, 0.6) is 0 Å². The van der Waals surface area contributed by atoms with E-state index in [-0.39, 0.29) is 0 Å². The minimum atomic E-state index is 0.422. The van der Waals surface area contributed by atoms with E-state index in [2.05, 4.69) is 48.0 Å². The van der Waals surface area contributed by atoms with Crippen LogP contribution < -0.4 is 9.80 Å². The molecule has 3 heteroatoms. The first kappa shape index (κ1) is 10.8. The van der Waals surface area contributed by atoms with Gasteiger partial charge in [0.15, 0.2) is 0 Å². The molecule has 1 aliphatic rings. The highest BCUT2D eigenvalue weighted by atomic mass is 15.2. The molecule has 0 aromatic heterocycles. The Bertz CT molecular complexity index is 408. The summed E-state index contributed by atoms with van der Waals surface area (Å²) in [5, 5.41) is 8.91. The van der Waals surface area contributed by atoms with Crippen LogP contribution in [0.3, 0.4) is 0 Å². The van der Waals surface area contributed by atoms with Crippen molar-refractivity contribution in [1.82, 2.24) is 0 Å². The second-order valence-electron chi connectivity index (χ2n) is 4.33. The normalized spacial score (nSPS) is 19.9. The Labute approximate surface area is 96.9 Å². The monoisotopic (exact) mass is 215 g/mol. The van der Waals surface area contributed by atoms with Crippen LogP contribution in [0.1, 0.15) is 13.3 Å². The van der Waals surface area contributed by atoms with Crippen LogP contribution >= 0.6 is 0 Å². The lowest BCUT2D eigenvalue weighted by atomic mass is 10.2. The molecular weight excluding hydrogens is 198 g/mol. The molecule has 0 fully saturated rings. The highest BCUT2D eigenvalue weighted by molar-refractivity contribution is 5.72. The lowest BCUT2D eigenvalue weighted by molar-refractivity contribution is 0.626. The van der Waals surface area contributed by atoms with Gasteiger partial charge in [0.05, 0.1) is 17.4 Å². The maximum absolute atomic E-state index is 8.91. The van der Waals surface area contributed by atoms with Gasteiger partial charge < -0.3 is 9.80 Å². The van der Waals surface area contributed by atoms with Crippen molar-refractivity contribution in [2.24, 2.45) is 0 Å². The molecule has 0 saturated heterocycles. The molecule has 84 valence electrons. The van der Waals surface area contributed by atoms with E-state index in [0.29, 0.717) is 12.6 Å². The van der Waals surface area contributed by atoms with Gasteiger partial charge in [0.1, 0.15) is 6.54 Å². The molecular formula is C13H17N3. The molecule has 0 bridgehead atoms. The van der Waals surface area contributed by atoms with Gasteiger partial charge in [-0.1, -0.05) is 12.1 Å². The Morgan fingerprint density at radius 1 is 1.38 bits per heavy atom. The molecule has 1 atom stereocenters. The third kappa shape index (κ3) is 1.83. The number of nitrogens with zero attached hydrogens (tertiary/aromatic N) is 3. The maximum Gasteiger partial charge on any atom is 0.106 e. The smallest absolute Gasteiger partial charge is 0.106 e. The fourth-order valence-corrected chi connectivity index (χ4v) is 2.24. The van der Waals surface area contributed by atoms with Crippen molar-refractivity contribution in [3.63, 3.8) is 0 Å². The average Bonchev–Trinajstić information content (AvgIpc) is 2.42. The zero-order valence-corrected chi connectivity index (χ0v) is 9.85. The third-order valence-electron chi connectivity index (χ3n) is 3.26. The first-order valence-electron chi connectivity index (χ1n) is 5.68. The summed E-state index contributed by atoms with van der Waals surface area (Å²) in [5.41, 5.74) is 2.40. The van der Waals surface area contributed by atoms with Crippen LogP contribution in [0.15, 0.2) is 24.3 Å². The number of para-hydroxylation sites is 2. The topological polar surface area (TPSA) is 30.3 Å². The zero-order valence-electron chi connectivity index (χ0n) is 9.85. The molecule has 1 heterocycles. The molecule has 0 amide bonds. The molecule has 0 saturated carbocycles. The average molecular weight is 215 g/mol. The highest BCUT2D eigenvalue weighted by Gasteiger charge is 2.22. The Hall–Kier alpha value is -1.69. The number of nitriles is 1. The van der Waals surface area contributed by atoms with Gasteiger partial charge in [-0.25, -0.2) is 0 Å². The van der Waals surface area contributed by atoms with Crippen molar-refractivity contribution in [3.8, 4) is 6.07 Å². The Kier molecular flexibility index (Phi) is 3.00. The quantitative estimate of drug-likeness (QED) is 0.673. The van der Waals surface area contributed by atoms with Crippen molar-refractivity contribution >= 4 is 11.4 Å². The Morgan fingerprint density at radius 2 is 2.06 bits per heavy atom. The summed E-state index contributed by atoms with van der Waals surface area (Å²) in [6.45, 7) is 3.69. The molecule has 0 N–H and O–H groups in total. The van der Waals surface area contributed by atoms with E-state index in [9.17, 15) is 0 Å². The number of benzene rings is 1. The van der Waals surface area contributed by atoms with Gasteiger partial charge in [-0.2, -0.15) is 5.26 Å². The fraction of sp³-hybridized carbons (Fsp3) is 0.462. The van der Waals surface area contributed by atoms with Crippen LogP contribution in [-0.4, -0.2) is 26.2 Å². The third-order valence-corrected chi connectivity index (χ3v) is 3.26. The largest absolute Gasteiger partial charge is 0.373 e. The Balaban J connectivity index is 2.45. The number of hydrogen-bond acceptors (Lipinski definition) is 3. The van der Waals surface area contributed by atoms with Crippen LogP contribution in [0.25, 0.3) is 0 Å². The molecule has 2 rings (SSSR count). The summed E-state index contributed by atoms with van der Waals surface area (Å²) in [5.74, 6) is 0. The van der Waals surface area contributed by atoms with Crippen LogP contribution in [0.2, 0.25) is 0 Å². The summed E-state index contributed by atoms with van der Waals surface area (Å²) >= 11 is 0. The second-order valence-corrected chi connectivity index (χ2v) is 4.33. The first-order valence-corrected chi connectivity index (χ1v) is 5.68. The molecule has 16 heavy (non-hydrogen) atoms. The van der Waals surface area contributed by atoms with E-state index >= 15 is 0 Å². The van der Waals surface area contributed by atoms with E-state index in [1.807, 2.05) is 6.07 Å². The van der Waals surface area contributed by atoms with E-state index in [4.69, 9.17) is 5.26 Å². The predicted octanol–water partition coefficient (Wildman–Crippen LogP) is 2.24. The molecule has 1 aromatic rings. The van der Waals surface area contributed by atoms with Crippen molar-refractivity contribution in [2.45, 2.75) is 19.4 Å². The number of rotatable bonds is 1. The fourth-order valence-electron chi connectivity index (χ4n) is 2.24. The minimum absolute atomic E-state index is 0.422. The van der Waals surface area contributed by atoms with E-state index in [1.54, 1.807) is 0 Å². The molecule has 3 nitrogen and oxygen atoms in total. The highest BCUT2D eigenvalue weighted by Crippen LogP contribution is 2.33. The summed E-state index contributed by atoms with van der Waals surface area (Å²) < 4.78 is 0. The maximum atomic E-state index is 8.91. The van der Waals surface area contributed by atoms with Crippen molar-refractivity contribution in [2.75, 3.05) is 29.9 Å². The molecule has 1 aliphatic heterocycles. The van der Waals surface area contributed by atoms with Gasteiger partial charge in [0.25, 0.3) is 0 Å². The van der Waals surface area contributed by atoms with Gasteiger partial charge in [-0.05, 0) is 25.5 Å². The molecule has 0 unspecified atom stereocenters. The minimum Gasteiger partial charge on any atom is -0.373 e. The standard InChI is InChI=1S/C13H17N3/c1-11-7-9-15(2)12-5-3-4-6-13(12)16(11)10-8-14/h3-6,11H,7,9-10H2,1-2H3/t11-/m0/s1. The van der Waals surface area contributed by atoms with Crippen molar-refractivity contribution < 1.29 is 0 Å². The molecule has 0 spiro atoms. The van der Waals surface area contributed by atoms with E-state index in [1.165, 1.54) is 11.4 Å². The van der Waals surface area contributed by atoms with E-state index < -0.39 is 0 Å². The van der Waals surface area contributed by atoms with Gasteiger partial charge >= 0.3 is 0 Å². The zero-order chi connectivity index (χ0) is 11.5. The lowest BCUT2D eigenvalue weighted by Crippen LogP contribution is -2.33. The summed E-state index contributed by atoms with van der Waals surface area (Å²) in [6.07, 6.45) is 1.09. The van der Waals surface area contributed by atoms with Gasteiger partial charge in [-0.3, -0.25) is 0 Å². The van der Waals surface area contributed by atoms with E-state index in [0.717, 1.165) is 13.0 Å². The van der Waals surface area contributed by atoms with Gasteiger partial charge in [0.2, 0.25) is 0 Å². The number of anilines is 2. The molecule has 0 aliphatic carbocycles. The lowest BCUT2D eigenvalue weighted by Gasteiger charge is -2.27. The summed E-state index contributed by atoms with van der Waals surface area (Å²) in [4.78, 5) is 4.46. The Morgan fingerprint density at radius 3 is 2.75 bits per heavy atom. The summed E-state index contributed by atoms with van der Waals surface area (Å²) in [6, 6.07) is 11.0. The van der Waals surface area contributed by atoms with Crippen LogP contribution in [0, 0.1) is 11.3 Å². The van der Waals surface area contributed by atoms with Crippen molar-refractivity contribution in [3.05, 3.63) is 24.3 Å². The van der Waals surface area contributed by atoms with Gasteiger partial charge in [-0.15, -0.1) is 0 Å². The van der Waals surface area contributed by atoms with Crippen LogP contribution in [0.4, 0.5) is 11.4 Å². The van der Waals surface area contributed by atoms with Gasteiger partial charge in [0, 0.05) is 19.6 Å². The predicted molar refractivity (Wildman–Crippen MR) is 66.8 cm³/mol. The second kappa shape index (κ2) is 4.44. The number of fused-ring (bicyclic) bond motifs is 1. The molecule has 0 radical (unpaired) electrons. The van der Waals surface area contributed by atoms with Crippen molar-refractivity contribution in [1.29, 1.82) is 5.26 Å². The first-order chi connectivity index (χ1) is 7.74. The van der Waals surface area contributed by atoms with Crippen LogP contribution in [-0.2, 0) is 0 Å². The number of hydrogen-bond donors (Lipinski definition) is 0. The molecule has 1 aromatic carbocycles.